The molecule has 4 heteroatoms. The molecule has 352 valence electrons. The SMILES string of the molecule is N=C(/C=C(\N=Cc1ccccc1)c1ccccc1)c1ccc(-c2ccc3c(-c4cccc5cc(-c6ccc(C7=CC(c8ccc(-c9ccccc9)cc8)NC(c8ccccc8)N7)cc6)ccc45)cccc3c2)cc1. The Morgan fingerprint density at radius 1 is 0.405 bits per heavy atom. The van der Waals surface area contributed by atoms with Crippen molar-refractivity contribution in [1.29, 1.82) is 5.41 Å². The van der Waals surface area contributed by atoms with Gasteiger partial charge in [0, 0.05) is 17.5 Å². The molecule has 0 saturated carbocycles. The lowest BCUT2D eigenvalue weighted by atomic mass is 9.91. The van der Waals surface area contributed by atoms with E-state index in [-0.39, 0.29) is 12.2 Å². The number of rotatable bonds is 12. The standard InChI is InChI=1S/C70H52N4/c71-66(45-67(54-19-9-3-10-20-54)72-47-48-15-5-1-6-16-48)53-33-27-51(28-34-53)58-39-41-62-60(43-58)23-13-25-64(62)65-26-14-24-61-44-59(40-42-63(61)65)52-31-37-56(38-32-52)69-46-68(73-70(74-69)57-21-11-4-12-22-57)55-35-29-50(30-36-55)49-17-7-2-8-18-49/h1-47,68,70-71,73-74H/b67-45-,71-66?,72-47?. The van der Waals surface area contributed by atoms with Crippen molar-refractivity contribution in [3.05, 3.63) is 312 Å². The van der Waals surface area contributed by atoms with Crippen LogP contribution in [0.2, 0.25) is 0 Å². The predicted molar refractivity (Wildman–Crippen MR) is 311 cm³/mol. The minimum atomic E-state index is -0.0526. The summed E-state index contributed by atoms with van der Waals surface area (Å²) in [4.78, 5) is 4.82. The van der Waals surface area contributed by atoms with Crippen molar-refractivity contribution in [2.24, 2.45) is 4.99 Å². The maximum atomic E-state index is 9.06. The summed E-state index contributed by atoms with van der Waals surface area (Å²) in [6.45, 7) is 0. The van der Waals surface area contributed by atoms with Crippen molar-refractivity contribution in [2.75, 3.05) is 0 Å². The predicted octanol–water partition coefficient (Wildman–Crippen LogP) is 17.2. The highest BCUT2D eigenvalue weighted by Gasteiger charge is 2.24. The molecule has 0 aliphatic carbocycles. The van der Waals surface area contributed by atoms with E-state index in [1.807, 2.05) is 85.1 Å². The summed E-state index contributed by atoms with van der Waals surface area (Å²) in [5.74, 6) is 0. The number of hydrogen-bond acceptors (Lipinski definition) is 4. The van der Waals surface area contributed by atoms with E-state index in [2.05, 4.69) is 211 Å². The van der Waals surface area contributed by atoms with Gasteiger partial charge in [-0.05, 0) is 118 Å². The number of nitrogens with one attached hydrogen (secondary N) is 3. The molecule has 0 saturated heterocycles. The maximum Gasteiger partial charge on any atom is 0.104 e. The third kappa shape index (κ3) is 9.78. The summed E-state index contributed by atoms with van der Waals surface area (Å²) in [5, 5.41) is 21.5. The molecule has 0 spiro atoms. The van der Waals surface area contributed by atoms with Gasteiger partial charge in [-0.2, -0.15) is 0 Å². The fraction of sp³-hybridized carbons (Fsp3) is 0.0286. The van der Waals surface area contributed by atoms with E-state index in [0.717, 1.165) is 44.8 Å². The normalized spacial score (nSPS) is 14.7. The Labute approximate surface area is 432 Å². The van der Waals surface area contributed by atoms with E-state index in [4.69, 9.17) is 10.4 Å². The second kappa shape index (κ2) is 20.7. The van der Waals surface area contributed by atoms with Crippen LogP contribution in [-0.2, 0) is 0 Å². The molecule has 2 unspecified atom stereocenters. The number of aliphatic imine (C=N–C) groups is 1. The molecule has 4 nitrogen and oxygen atoms in total. The van der Waals surface area contributed by atoms with E-state index < -0.39 is 0 Å². The molecular weight excluding hydrogens is 897 g/mol. The third-order valence-electron chi connectivity index (χ3n) is 14.1. The van der Waals surface area contributed by atoms with Gasteiger partial charge in [-0.25, -0.2) is 0 Å². The zero-order chi connectivity index (χ0) is 49.6. The van der Waals surface area contributed by atoms with Gasteiger partial charge in [-0.3, -0.25) is 10.3 Å². The van der Waals surface area contributed by atoms with Gasteiger partial charge in [0.15, 0.2) is 0 Å². The van der Waals surface area contributed by atoms with Gasteiger partial charge in [0.05, 0.1) is 17.5 Å². The highest BCUT2D eigenvalue weighted by Crippen LogP contribution is 2.38. The monoisotopic (exact) mass is 948 g/mol. The Morgan fingerprint density at radius 2 is 0.892 bits per heavy atom. The van der Waals surface area contributed by atoms with Crippen LogP contribution >= 0.6 is 0 Å². The smallest absolute Gasteiger partial charge is 0.104 e. The van der Waals surface area contributed by atoms with E-state index in [1.165, 1.54) is 66.1 Å². The van der Waals surface area contributed by atoms with E-state index in [0.29, 0.717) is 5.71 Å². The van der Waals surface area contributed by atoms with Crippen molar-refractivity contribution in [3.8, 4) is 44.5 Å². The lowest BCUT2D eigenvalue weighted by Crippen LogP contribution is -2.39. The fourth-order valence-corrected chi connectivity index (χ4v) is 10.1. The first-order chi connectivity index (χ1) is 36.6. The van der Waals surface area contributed by atoms with Crippen LogP contribution < -0.4 is 10.6 Å². The van der Waals surface area contributed by atoms with Crippen LogP contribution in [0.25, 0.3) is 77.4 Å². The molecular formula is C70H52N4. The highest BCUT2D eigenvalue weighted by molar-refractivity contribution is 6.11. The Balaban J connectivity index is 0.782. The minimum absolute atomic E-state index is 0.0227. The molecule has 74 heavy (non-hydrogen) atoms. The van der Waals surface area contributed by atoms with Crippen LogP contribution in [0.1, 0.15) is 45.6 Å². The molecule has 2 atom stereocenters. The topological polar surface area (TPSA) is 60.3 Å². The van der Waals surface area contributed by atoms with Gasteiger partial charge in [0.2, 0.25) is 0 Å². The zero-order valence-electron chi connectivity index (χ0n) is 40.7. The van der Waals surface area contributed by atoms with Crippen LogP contribution in [0.5, 0.6) is 0 Å². The van der Waals surface area contributed by atoms with Crippen molar-refractivity contribution in [2.45, 2.75) is 12.2 Å². The van der Waals surface area contributed by atoms with Crippen molar-refractivity contribution in [3.63, 3.8) is 0 Å². The number of benzene rings is 11. The molecule has 1 aliphatic rings. The van der Waals surface area contributed by atoms with E-state index in [9.17, 15) is 0 Å². The molecule has 11 aromatic carbocycles. The number of nitrogens with zero attached hydrogens (tertiary/aromatic N) is 1. The molecule has 0 aromatic heterocycles. The lowest BCUT2D eigenvalue weighted by molar-refractivity contribution is 0.442. The van der Waals surface area contributed by atoms with Gasteiger partial charge in [-0.1, -0.05) is 255 Å². The Kier molecular flexibility index (Phi) is 12.8. The lowest BCUT2D eigenvalue weighted by Gasteiger charge is -2.33. The van der Waals surface area contributed by atoms with Crippen molar-refractivity contribution >= 4 is 44.9 Å². The summed E-state index contributed by atoms with van der Waals surface area (Å²) in [7, 11) is 0. The fourth-order valence-electron chi connectivity index (χ4n) is 10.1. The van der Waals surface area contributed by atoms with Gasteiger partial charge in [-0.15, -0.1) is 0 Å². The van der Waals surface area contributed by atoms with Crippen LogP contribution in [0.4, 0.5) is 0 Å². The molecule has 1 aliphatic heterocycles. The molecule has 1 heterocycles. The van der Waals surface area contributed by atoms with Crippen LogP contribution in [0.3, 0.4) is 0 Å². The zero-order valence-corrected chi connectivity index (χ0v) is 40.7. The first kappa shape index (κ1) is 45.6. The minimum Gasteiger partial charge on any atom is -0.366 e. The summed E-state index contributed by atoms with van der Waals surface area (Å²) in [5.41, 5.74) is 18.0. The molecule has 0 radical (unpaired) electrons. The van der Waals surface area contributed by atoms with Crippen molar-refractivity contribution in [1.82, 2.24) is 10.6 Å². The second-order valence-electron chi connectivity index (χ2n) is 18.8. The molecule has 0 bridgehead atoms. The summed E-state index contributed by atoms with van der Waals surface area (Å²) >= 11 is 0. The summed E-state index contributed by atoms with van der Waals surface area (Å²) in [6, 6.07) is 94.3. The van der Waals surface area contributed by atoms with Crippen LogP contribution in [-0.4, -0.2) is 11.9 Å². The largest absolute Gasteiger partial charge is 0.366 e. The quantitative estimate of drug-likeness (QED) is 0.107. The Morgan fingerprint density at radius 3 is 1.50 bits per heavy atom. The van der Waals surface area contributed by atoms with Gasteiger partial charge in [0.1, 0.15) is 6.17 Å². The maximum absolute atomic E-state index is 9.06. The van der Waals surface area contributed by atoms with Crippen LogP contribution in [0, 0.1) is 5.41 Å². The molecule has 0 fully saturated rings. The van der Waals surface area contributed by atoms with Crippen molar-refractivity contribution < 1.29 is 0 Å². The molecule has 12 rings (SSSR count). The van der Waals surface area contributed by atoms with E-state index in [1.54, 1.807) is 0 Å². The molecule has 3 N–H and O–H groups in total. The second-order valence-corrected chi connectivity index (χ2v) is 18.8. The number of hydrogen-bond donors (Lipinski definition) is 3. The average Bonchev–Trinajstić information content (AvgIpc) is 3.48. The third-order valence-corrected chi connectivity index (χ3v) is 14.1. The van der Waals surface area contributed by atoms with Crippen LogP contribution in [0.15, 0.2) is 284 Å². The number of allylic oxidation sites excluding steroid dienone is 1. The highest BCUT2D eigenvalue weighted by atomic mass is 15.2. The van der Waals surface area contributed by atoms with Gasteiger partial charge >= 0.3 is 0 Å². The van der Waals surface area contributed by atoms with E-state index >= 15 is 0 Å². The Hall–Kier alpha value is -9.48. The molecule has 11 aromatic rings. The summed E-state index contributed by atoms with van der Waals surface area (Å²) in [6.07, 6.45) is 5.96. The number of fused-ring (bicyclic) bond motifs is 2. The summed E-state index contributed by atoms with van der Waals surface area (Å²) < 4.78 is 0. The Bertz CT molecular complexity index is 3860. The average molecular weight is 949 g/mol. The first-order valence-corrected chi connectivity index (χ1v) is 25.2. The molecule has 0 amide bonds. The van der Waals surface area contributed by atoms with Gasteiger partial charge < -0.3 is 10.7 Å². The van der Waals surface area contributed by atoms with Gasteiger partial charge in [0.25, 0.3) is 0 Å². The first-order valence-electron chi connectivity index (χ1n) is 25.2.